The van der Waals surface area contributed by atoms with Gasteiger partial charge in [-0.1, -0.05) is 29.8 Å². The van der Waals surface area contributed by atoms with Crippen molar-refractivity contribution in [2.75, 3.05) is 0 Å². The summed E-state index contributed by atoms with van der Waals surface area (Å²) in [6.45, 7) is 0. The molecule has 0 saturated carbocycles. The van der Waals surface area contributed by atoms with E-state index >= 15 is 0 Å². The standard InChI is InChI=1S/C12H8ClFO/c13-9-6-10(14)8-12(7-9)15-11-4-2-1-3-5-11/h1-8H. The van der Waals surface area contributed by atoms with Crippen LogP contribution in [0, 0.1) is 5.82 Å². The van der Waals surface area contributed by atoms with Crippen molar-refractivity contribution in [2.45, 2.75) is 0 Å². The van der Waals surface area contributed by atoms with Crippen LogP contribution in [0.3, 0.4) is 0 Å². The molecule has 0 atom stereocenters. The quantitative estimate of drug-likeness (QED) is 0.737. The molecule has 0 spiro atoms. The molecule has 0 heterocycles. The molecule has 0 N–H and O–H groups in total. The first-order valence-corrected chi connectivity index (χ1v) is 4.81. The molecule has 0 radical (unpaired) electrons. The predicted molar refractivity (Wildman–Crippen MR) is 57.9 cm³/mol. The van der Waals surface area contributed by atoms with E-state index in [0.717, 1.165) is 0 Å². The Balaban J connectivity index is 2.25. The molecule has 0 fully saturated rings. The largest absolute Gasteiger partial charge is 0.457 e. The highest BCUT2D eigenvalue weighted by Gasteiger charge is 2.01. The number of hydrogen-bond acceptors (Lipinski definition) is 1. The van der Waals surface area contributed by atoms with Crippen LogP contribution >= 0.6 is 11.6 Å². The average molecular weight is 223 g/mol. The fourth-order valence-electron chi connectivity index (χ4n) is 1.21. The molecule has 0 bridgehead atoms. The van der Waals surface area contributed by atoms with Crippen LogP contribution in [0.5, 0.6) is 11.5 Å². The Morgan fingerprint density at radius 2 is 1.67 bits per heavy atom. The van der Waals surface area contributed by atoms with E-state index in [2.05, 4.69) is 0 Å². The molecule has 1 nitrogen and oxygen atoms in total. The van der Waals surface area contributed by atoms with Gasteiger partial charge in [-0.3, -0.25) is 0 Å². The van der Waals surface area contributed by atoms with Crippen molar-refractivity contribution in [3.05, 3.63) is 59.4 Å². The second-order valence-corrected chi connectivity index (χ2v) is 3.46. The molecule has 2 aromatic carbocycles. The van der Waals surface area contributed by atoms with E-state index < -0.39 is 5.82 Å². The van der Waals surface area contributed by atoms with Crippen LogP contribution < -0.4 is 4.74 Å². The van der Waals surface area contributed by atoms with Gasteiger partial charge in [0.15, 0.2) is 0 Å². The Labute approximate surface area is 92.1 Å². The molecule has 2 aromatic rings. The number of rotatable bonds is 2. The van der Waals surface area contributed by atoms with Gasteiger partial charge in [0, 0.05) is 11.1 Å². The maximum Gasteiger partial charge on any atom is 0.131 e. The van der Waals surface area contributed by atoms with E-state index in [0.29, 0.717) is 16.5 Å². The van der Waals surface area contributed by atoms with Crippen LogP contribution in [0.1, 0.15) is 0 Å². The summed E-state index contributed by atoms with van der Waals surface area (Å²) in [6.07, 6.45) is 0. The maximum atomic E-state index is 13.0. The zero-order chi connectivity index (χ0) is 10.7. The van der Waals surface area contributed by atoms with Gasteiger partial charge in [0.2, 0.25) is 0 Å². The zero-order valence-electron chi connectivity index (χ0n) is 7.78. The van der Waals surface area contributed by atoms with Crippen LogP contribution in [0.4, 0.5) is 4.39 Å². The molecule has 3 heteroatoms. The average Bonchev–Trinajstić information content (AvgIpc) is 2.17. The van der Waals surface area contributed by atoms with Gasteiger partial charge in [0.25, 0.3) is 0 Å². The van der Waals surface area contributed by atoms with Gasteiger partial charge in [0.1, 0.15) is 17.3 Å². The summed E-state index contributed by atoms with van der Waals surface area (Å²) in [6, 6.07) is 13.2. The maximum absolute atomic E-state index is 13.0. The minimum Gasteiger partial charge on any atom is -0.457 e. The normalized spacial score (nSPS) is 10.0. The Morgan fingerprint density at radius 3 is 2.33 bits per heavy atom. The Bertz CT molecular complexity index is 436. The molecule has 15 heavy (non-hydrogen) atoms. The van der Waals surface area contributed by atoms with E-state index in [4.69, 9.17) is 16.3 Å². The first-order valence-electron chi connectivity index (χ1n) is 4.43. The second-order valence-electron chi connectivity index (χ2n) is 3.02. The Hall–Kier alpha value is -1.54. The highest BCUT2D eigenvalue weighted by molar-refractivity contribution is 6.30. The SMILES string of the molecule is Fc1cc(Cl)cc(Oc2ccccc2)c1. The number of benzene rings is 2. The third-order valence-electron chi connectivity index (χ3n) is 1.81. The fraction of sp³-hybridized carbons (Fsp3) is 0. The van der Waals surface area contributed by atoms with Crippen LogP contribution in [-0.4, -0.2) is 0 Å². The van der Waals surface area contributed by atoms with Crippen molar-refractivity contribution in [3.63, 3.8) is 0 Å². The summed E-state index contributed by atoms with van der Waals surface area (Å²) in [5, 5.41) is 0.320. The summed E-state index contributed by atoms with van der Waals surface area (Å²) in [7, 11) is 0. The van der Waals surface area contributed by atoms with Gasteiger partial charge in [-0.25, -0.2) is 4.39 Å². The molecule has 0 aromatic heterocycles. The summed E-state index contributed by atoms with van der Waals surface area (Å²) < 4.78 is 18.4. The number of para-hydroxylation sites is 1. The molecule has 0 aliphatic heterocycles. The van der Waals surface area contributed by atoms with Crippen molar-refractivity contribution in [2.24, 2.45) is 0 Å². The van der Waals surface area contributed by atoms with Crippen LogP contribution in [0.2, 0.25) is 5.02 Å². The third-order valence-corrected chi connectivity index (χ3v) is 2.03. The third kappa shape index (κ3) is 2.70. The Kier molecular flexibility index (Phi) is 2.88. The zero-order valence-corrected chi connectivity index (χ0v) is 8.54. The Morgan fingerprint density at radius 1 is 0.933 bits per heavy atom. The lowest BCUT2D eigenvalue weighted by molar-refractivity contribution is 0.477. The van der Waals surface area contributed by atoms with Gasteiger partial charge in [-0.15, -0.1) is 0 Å². The van der Waals surface area contributed by atoms with Gasteiger partial charge in [0.05, 0.1) is 0 Å². The minimum absolute atomic E-state index is 0.320. The monoisotopic (exact) mass is 222 g/mol. The summed E-state index contributed by atoms with van der Waals surface area (Å²) in [4.78, 5) is 0. The molecule has 0 amide bonds. The van der Waals surface area contributed by atoms with E-state index in [1.807, 2.05) is 18.2 Å². The molecular weight excluding hydrogens is 215 g/mol. The van der Waals surface area contributed by atoms with Crippen LogP contribution in [0.15, 0.2) is 48.5 Å². The number of ether oxygens (including phenoxy) is 1. The molecule has 0 aliphatic carbocycles. The number of hydrogen-bond donors (Lipinski definition) is 0. The minimum atomic E-state index is -0.409. The molecule has 0 aliphatic rings. The summed E-state index contributed by atoms with van der Waals surface area (Å²) in [5.41, 5.74) is 0. The van der Waals surface area contributed by atoms with Crippen LogP contribution in [0.25, 0.3) is 0 Å². The smallest absolute Gasteiger partial charge is 0.131 e. The van der Waals surface area contributed by atoms with Gasteiger partial charge < -0.3 is 4.74 Å². The predicted octanol–water partition coefficient (Wildman–Crippen LogP) is 4.27. The molecule has 0 unspecified atom stereocenters. The van der Waals surface area contributed by atoms with Gasteiger partial charge in [-0.2, -0.15) is 0 Å². The molecule has 2 rings (SSSR count). The van der Waals surface area contributed by atoms with Crippen molar-refractivity contribution in [1.82, 2.24) is 0 Å². The first-order chi connectivity index (χ1) is 7.24. The summed E-state index contributed by atoms with van der Waals surface area (Å²) >= 11 is 5.70. The van der Waals surface area contributed by atoms with Crippen molar-refractivity contribution < 1.29 is 9.13 Å². The highest BCUT2D eigenvalue weighted by atomic mass is 35.5. The van der Waals surface area contributed by atoms with E-state index in [9.17, 15) is 4.39 Å². The molecule has 76 valence electrons. The van der Waals surface area contributed by atoms with Crippen molar-refractivity contribution in [3.8, 4) is 11.5 Å². The summed E-state index contributed by atoms with van der Waals surface area (Å²) in [5.74, 6) is 0.638. The van der Waals surface area contributed by atoms with Crippen molar-refractivity contribution in [1.29, 1.82) is 0 Å². The van der Waals surface area contributed by atoms with E-state index in [1.54, 1.807) is 18.2 Å². The molecular formula is C12H8ClFO. The topological polar surface area (TPSA) is 9.23 Å². The lowest BCUT2D eigenvalue weighted by atomic mass is 10.3. The second kappa shape index (κ2) is 4.32. The van der Waals surface area contributed by atoms with Gasteiger partial charge >= 0.3 is 0 Å². The number of halogens is 2. The molecule has 0 saturated heterocycles. The van der Waals surface area contributed by atoms with E-state index in [-0.39, 0.29) is 0 Å². The highest BCUT2D eigenvalue weighted by Crippen LogP contribution is 2.25. The lowest BCUT2D eigenvalue weighted by Crippen LogP contribution is -1.84. The first kappa shape index (κ1) is 9.99. The fourth-order valence-corrected chi connectivity index (χ4v) is 1.42. The lowest BCUT2D eigenvalue weighted by Gasteiger charge is -2.05. The van der Waals surface area contributed by atoms with Crippen molar-refractivity contribution >= 4 is 11.6 Å². The van der Waals surface area contributed by atoms with Gasteiger partial charge in [-0.05, 0) is 24.3 Å². The van der Waals surface area contributed by atoms with E-state index in [1.165, 1.54) is 12.1 Å². The van der Waals surface area contributed by atoms with Crippen LogP contribution in [-0.2, 0) is 0 Å².